The van der Waals surface area contributed by atoms with Gasteiger partial charge in [0.1, 0.15) is 0 Å². The number of amides is 1. The number of piperazine rings is 1. The van der Waals surface area contributed by atoms with Crippen LogP contribution in [-0.2, 0) is 9.59 Å². The number of nitrogens with zero attached hydrogens (tertiary/aromatic N) is 3. The Kier molecular flexibility index (Phi) is 5.96. The molecule has 2 fully saturated rings. The summed E-state index contributed by atoms with van der Waals surface area (Å²) < 4.78 is 0. The maximum absolute atomic E-state index is 12.2. The maximum atomic E-state index is 12.2. The van der Waals surface area contributed by atoms with Gasteiger partial charge in [-0.05, 0) is 19.4 Å². The molecule has 0 spiro atoms. The number of rotatable bonds is 5. The molecule has 7 nitrogen and oxygen atoms in total. The molecule has 0 aromatic heterocycles. The highest BCUT2D eigenvalue weighted by Gasteiger charge is 2.25. The Hall–Kier alpha value is -1.18. The van der Waals surface area contributed by atoms with Crippen molar-refractivity contribution < 1.29 is 19.8 Å². The molecule has 7 heteroatoms. The highest BCUT2D eigenvalue weighted by molar-refractivity contribution is 5.78. The molecular weight excluding hydrogens is 274 g/mol. The molecule has 1 atom stereocenters. The van der Waals surface area contributed by atoms with Crippen molar-refractivity contribution in [3.05, 3.63) is 0 Å². The van der Waals surface area contributed by atoms with Crippen molar-refractivity contribution in [2.45, 2.75) is 25.4 Å². The zero-order valence-corrected chi connectivity index (χ0v) is 12.4. The van der Waals surface area contributed by atoms with Crippen LogP contribution in [0.15, 0.2) is 0 Å². The van der Waals surface area contributed by atoms with Crippen molar-refractivity contribution >= 4 is 11.9 Å². The predicted octanol–water partition coefficient (Wildman–Crippen LogP) is -0.938. The minimum atomic E-state index is -0.780. The number of carbonyl (C=O) groups is 2. The molecule has 0 aromatic carbocycles. The molecule has 21 heavy (non-hydrogen) atoms. The highest BCUT2D eigenvalue weighted by Crippen LogP contribution is 2.10. The Balaban J connectivity index is 1.69. The fraction of sp³-hybridized carbons (Fsp3) is 0.857. The monoisotopic (exact) mass is 299 g/mol. The molecular formula is C14H25N3O4. The van der Waals surface area contributed by atoms with Crippen molar-refractivity contribution in [2.24, 2.45) is 0 Å². The van der Waals surface area contributed by atoms with Gasteiger partial charge in [0.05, 0.1) is 19.1 Å². The van der Waals surface area contributed by atoms with E-state index in [9.17, 15) is 14.7 Å². The van der Waals surface area contributed by atoms with E-state index in [2.05, 4.69) is 4.90 Å². The lowest BCUT2D eigenvalue weighted by molar-refractivity contribution is -0.138. The van der Waals surface area contributed by atoms with E-state index in [0.717, 1.165) is 32.5 Å². The molecule has 0 bridgehead atoms. The van der Waals surface area contributed by atoms with Gasteiger partial charge in [0.15, 0.2) is 0 Å². The fourth-order valence-electron chi connectivity index (χ4n) is 2.94. The molecule has 2 aliphatic rings. The van der Waals surface area contributed by atoms with Crippen molar-refractivity contribution in [3.8, 4) is 0 Å². The normalized spacial score (nSPS) is 25.0. The third-order valence-electron chi connectivity index (χ3n) is 4.21. The van der Waals surface area contributed by atoms with Gasteiger partial charge < -0.3 is 15.1 Å². The number of hydrogen-bond acceptors (Lipinski definition) is 5. The van der Waals surface area contributed by atoms with Gasteiger partial charge in [-0.15, -0.1) is 0 Å². The molecule has 120 valence electrons. The van der Waals surface area contributed by atoms with E-state index in [1.165, 1.54) is 0 Å². The van der Waals surface area contributed by atoms with Gasteiger partial charge in [0.25, 0.3) is 0 Å². The zero-order chi connectivity index (χ0) is 15.2. The summed E-state index contributed by atoms with van der Waals surface area (Å²) in [6.45, 7) is 5.19. The van der Waals surface area contributed by atoms with Crippen LogP contribution < -0.4 is 0 Å². The van der Waals surface area contributed by atoms with Crippen LogP contribution in [0.25, 0.3) is 0 Å². The number of piperidine rings is 1. The summed E-state index contributed by atoms with van der Waals surface area (Å²) in [7, 11) is 0. The lowest BCUT2D eigenvalue weighted by atomic mass is 10.1. The second-order valence-corrected chi connectivity index (χ2v) is 5.90. The highest BCUT2D eigenvalue weighted by atomic mass is 16.4. The van der Waals surface area contributed by atoms with Crippen molar-refractivity contribution in [1.29, 1.82) is 0 Å². The molecule has 2 rings (SSSR count). The molecule has 0 radical (unpaired) electrons. The third kappa shape index (κ3) is 5.26. The van der Waals surface area contributed by atoms with Crippen LogP contribution in [0.4, 0.5) is 0 Å². The first-order chi connectivity index (χ1) is 10.0. The minimum absolute atomic E-state index is 0.113. The number of carbonyl (C=O) groups excluding carboxylic acids is 1. The minimum Gasteiger partial charge on any atom is -0.481 e. The number of aliphatic hydroxyl groups excluding tert-OH is 1. The molecule has 2 heterocycles. The Morgan fingerprint density at radius 1 is 1.05 bits per heavy atom. The number of aliphatic hydroxyl groups is 1. The van der Waals surface area contributed by atoms with Crippen LogP contribution in [0.5, 0.6) is 0 Å². The van der Waals surface area contributed by atoms with Gasteiger partial charge in [0.2, 0.25) is 5.91 Å². The Bertz CT molecular complexity index is 369. The summed E-state index contributed by atoms with van der Waals surface area (Å²) in [4.78, 5) is 28.7. The average Bonchev–Trinajstić information content (AvgIpc) is 2.45. The third-order valence-corrected chi connectivity index (χ3v) is 4.21. The molecule has 2 aliphatic heterocycles. The predicted molar refractivity (Wildman–Crippen MR) is 77.0 cm³/mol. The summed E-state index contributed by atoms with van der Waals surface area (Å²) in [5.74, 6) is -0.667. The summed E-state index contributed by atoms with van der Waals surface area (Å²) in [6.07, 6.45) is 1.61. The number of likely N-dealkylation sites (tertiary alicyclic amines) is 1. The summed E-state index contributed by atoms with van der Waals surface area (Å²) in [5.41, 5.74) is 0. The number of β-amino-alcohol motifs (C(OH)–C–C–N with tert-alkyl or cyclic N) is 1. The van der Waals surface area contributed by atoms with Crippen LogP contribution >= 0.6 is 0 Å². The summed E-state index contributed by atoms with van der Waals surface area (Å²) >= 11 is 0. The standard InChI is InChI=1S/C14H25N3O4/c18-12-2-1-4-16(10-12)11-13(19)17-8-6-15(7-9-17)5-3-14(20)21/h12,18H,1-11H2,(H,20,21)/t12-/m0/s1. The van der Waals surface area contributed by atoms with Crippen LogP contribution in [0.1, 0.15) is 19.3 Å². The van der Waals surface area contributed by atoms with E-state index in [1.807, 2.05) is 9.80 Å². The van der Waals surface area contributed by atoms with Crippen molar-refractivity contribution in [1.82, 2.24) is 14.7 Å². The number of aliphatic carboxylic acids is 1. The summed E-state index contributed by atoms with van der Waals surface area (Å²) in [6, 6.07) is 0. The first-order valence-electron chi connectivity index (χ1n) is 7.67. The molecule has 0 unspecified atom stereocenters. The average molecular weight is 299 g/mol. The van der Waals surface area contributed by atoms with Crippen LogP contribution in [0.2, 0.25) is 0 Å². The van der Waals surface area contributed by atoms with Gasteiger partial charge in [-0.25, -0.2) is 0 Å². The second-order valence-electron chi connectivity index (χ2n) is 5.90. The van der Waals surface area contributed by atoms with Crippen LogP contribution in [0, 0.1) is 0 Å². The summed E-state index contributed by atoms with van der Waals surface area (Å²) in [5, 5.41) is 18.3. The first-order valence-corrected chi connectivity index (χ1v) is 7.67. The van der Waals surface area contributed by atoms with Crippen LogP contribution in [-0.4, -0.2) is 95.3 Å². The molecule has 1 amide bonds. The maximum Gasteiger partial charge on any atom is 0.304 e. The Morgan fingerprint density at radius 2 is 1.76 bits per heavy atom. The smallest absolute Gasteiger partial charge is 0.304 e. The van der Waals surface area contributed by atoms with Crippen molar-refractivity contribution in [2.75, 3.05) is 52.4 Å². The largest absolute Gasteiger partial charge is 0.481 e. The molecule has 0 aliphatic carbocycles. The van der Waals surface area contributed by atoms with Crippen LogP contribution in [0.3, 0.4) is 0 Å². The van der Waals surface area contributed by atoms with E-state index in [-0.39, 0.29) is 18.4 Å². The van der Waals surface area contributed by atoms with E-state index in [0.29, 0.717) is 32.7 Å². The van der Waals surface area contributed by atoms with Crippen molar-refractivity contribution in [3.63, 3.8) is 0 Å². The van der Waals surface area contributed by atoms with E-state index >= 15 is 0 Å². The van der Waals surface area contributed by atoms with Gasteiger partial charge in [-0.1, -0.05) is 0 Å². The SMILES string of the molecule is O=C(O)CCN1CCN(C(=O)CN2CCC[C@H](O)C2)CC1. The van der Waals surface area contributed by atoms with Gasteiger partial charge in [-0.2, -0.15) is 0 Å². The molecule has 0 aromatic rings. The first kappa shape index (κ1) is 16.2. The molecule has 2 saturated heterocycles. The topological polar surface area (TPSA) is 84.3 Å². The lowest BCUT2D eigenvalue weighted by Gasteiger charge is -2.36. The van der Waals surface area contributed by atoms with E-state index < -0.39 is 5.97 Å². The second kappa shape index (κ2) is 7.72. The van der Waals surface area contributed by atoms with E-state index in [4.69, 9.17) is 5.11 Å². The molecule has 2 N–H and O–H groups in total. The number of hydrogen-bond donors (Lipinski definition) is 2. The lowest BCUT2D eigenvalue weighted by Crippen LogP contribution is -2.52. The fourth-order valence-corrected chi connectivity index (χ4v) is 2.94. The quantitative estimate of drug-likeness (QED) is 0.682. The Labute approximate surface area is 125 Å². The Morgan fingerprint density at radius 3 is 2.38 bits per heavy atom. The van der Waals surface area contributed by atoms with E-state index in [1.54, 1.807) is 0 Å². The van der Waals surface area contributed by atoms with Gasteiger partial charge in [-0.3, -0.25) is 19.4 Å². The zero-order valence-electron chi connectivity index (χ0n) is 12.4. The van der Waals surface area contributed by atoms with Gasteiger partial charge >= 0.3 is 5.97 Å². The number of carboxylic acids is 1. The van der Waals surface area contributed by atoms with Gasteiger partial charge in [0, 0.05) is 39.3 Å². The number of carboxylic acid groups (broad SMARTS) is 1. The molecule has 0 saturated carbocycles.